The third-order valence-electron chi connectivity index (χ3n) is 9.15. The van der Waals surface area contributed by atoms with Crippen LogP contribution in [0, 0.1) is 0 Å². The summed E-state index contributed by atoms with van der Waals surface area (Å²) in [7, 11) is -16.2. The second kappa shape index (κ2) is 24.9. The fourth-order valence-electron chi connectivity index (χ4n) is 5.98. The molecule has 36 heteroatoms. The summed E-state index contributed by atoms with van der Waals surface area (Å²) < 4.78 is 153. The second-order valence-corrected chi connectivity index (χ2v) is 21.5. The van der Waals surface area contributed by atoms with Gasteiger partial charge in [-0.3, -0.25) is 27.8 Å². The van der Waals surface area contributed by atoms with Crippen LogP contribution in [0.4, 0.5) is 52.0 Å². The molecule has 8 N–H and O–H groups in total. The number of hydrogen-bond acceptors (Lipinski definition) is 24. The van der Waals surface area contributed by atoms with Gasteiger partial charge < -0.3 is 44.7 Å². The highest BCUT2D eigenvalue weighted by atomic mass is 35.5. The number of aromatic nitrogens is 3. The van der Waals surface area contributed by atoms with Gasteiger partial charge in [-0.1, -0.05) is 23.2 Å². The molecule has 0 saturated heterocycles. The summed E-state index contributed by atoms with van der Waals surface area (Å²) in [5, 5.41) is 40.6. The Morgan fingerprint density at radius 2 is 0.960 bits per heavy atom. The van der Waals surface area contributed by atoms with Crippen molar-refractivity contribution in [3.63, 3.8) is 0 Å². The number of ether oxygens (including phenoxy) is 4. The van der Waals surface area contributed by atoms with Crippen LogP contribution in [0.5, 0.6) is 23.0 Å². The van der Waals surface area contributed by atoms with Gasteiger partial charge in [-0.15, -0.1) is 10.2 Å². The maximum absolute atomic E-state index is 12.0. The van der Waals surface area contributed by atoms with Gasteiger partial charge in [-0.2, -0.15) is 58.9 Å². The zero-order valence-electron chi connectivity index (χ0n) is 38.3. The molecule has 0 aliphatic carbocycles. The summed E-state index contributed by atoms with van der Waals surface area (Å²) in [6.07, 6.45) is -0.546. The summed E-state index contributed by atoms with van der Waals surface area (Å²) in [5.41, 5.74) is -0.786. The minimum atomic E-state index is -4.79. The molecule has 0 fully saturated rings. The molecule has 0 aliphatic rings. The molecule has 5 rings (SSSR count). The zero-order valence-corrected chi connectivity index (χ0v) is 43.1. The molecule has 1 heterocycles. The van der Waals surface area contributed by atoms with Gasteiger partial charge in [0.1, 0.15) is 57.3 Å². The molecule has 0 radical (unpaired) electrons. The van der Waals surface area contributed by atoms with E-state index in [4.69, 9.17) is 42.1 Å². The van der Waals surface area contributed by atoms with E-state index in [9.17, 15) is 71.7 Å². The van der Waals surface area contributed by atoms with E-state index >= 15 is 0 Å². The molecule has 1 aromatic heterocycles. The lowest BCUT2D eigenvalue weighted by atomic mass is 10.2. The topological polar surface area (TPSA) is 444 Å². The normalized spacial score (nSPS) is 12.2. The summed E-state index contributed by atoms with van der Waals surface area (Å²) >= 11 is 13.2. The predicted octanol–water partition coefficient (Wildman–Crippen LogP) is 6.30. The van der Waals surface area contributed by atoms with Crippen LogP contribution in [-0.2, 0) is 50.1 Å². The van der Waals surface area contributed by atoms with Crippen molar-refractivity contribution in [2.45, 2.75) is 22.6 Å². The van der Waals surface area contributed by atoms with Crippen LogP contribution < -0.4 is 34.5 Å². The minimum Gasteiger partial charge on any atom is -0.495 e. The molecule has 404 valence electrons. The average molecular weight is 1170 g/mol. The van der Waals surface area contributed by atoms with Crippen LogP contribution in [0.25, 0.3) is 0 Å². The van der Waals surface area contributed by atoms with E-state index in [0.717, 1.165) is 26.4 Å². The number of aliphatic carboxylic acids is 2. The lowest BCUT2D eigenvalue weighted by molar-refractivity contribution is -0.136. The highest BCUT2D eigenvalue weighted by Crippen LogP contribution is 2.41. The first-order chi connectivity index (χ1) is 35.0. The van der Waals surface area contributed by atoms with E-state index in [-0.39, 0.29) is 80.0 Å². The molecule has 0 bridgehead atoms. The van der Waals surface area contributed by atoms with Crippen LogP contribution in [-0.4, -0.2) is 141 Å². The number of hydrogen-bond donors (Lipinski definition) is 8. The van der Waals surface area contributed by atoms with Crippen LogP contribution in [0.15, 0.2) is 90.9 Å². The van der Waals surface area contributed by atoms with Gasteiger partial charge in [0, 0.05) is 12.1 Å². The molecule has 0 spiro atoms. The summed E-state index contributed by atoms with van der Waals surface area (Å²) in [5.74, 6) is -6.92. The highest BCUT2D eigenvalue weighted by Gasteiger charge is 2.23. The van der Waals surface area contributed by atoms with Gasteiger partial charge in [0.2, 0.25) is 17.8 Å². The van der Waals surface area contributed by atoms with Gasteiger partial charge in [-0.05, 0) is 61.4 Å². The molecule has 75 heavy (non-hydrogen) atoms. The smallest absolute Gasteiger partial charge is 0.323 e. The van der Waals surface area contributed by atoms with Crippen molar-refractivity contribution in [2.24, 2.45) is 20.5 Å². The van der Waals surface area contributed by atoms with Crippen molar-refractivity contribution in [2.75, 3.05) is 67.6 Å². The molecular weight excluding hydrogens is 1130 g/mol. The Balaban J connectivity index is 1.62. The predicted molar refractivity (Wildman–Crippen MR) is 264 cm³/mol. The minimum absolute atomic E-state index is 0.111. The van der Waals surface area contributed by atoms with E-state index in [0.29, 0.717) is 4.90 Å². The third kappa shape index (κ3) is 18.0. The van der Waals surface area contributed by atoms with Gasteiger partial charge in [0.15, 0.2) is 0 Å². The molecule has 0 atom stereocenters. The first-order valence-corrected chi connectivity index (χ1v) is 27.3. The Kier molecular flexibility index (Phi) is 19.5. The Hall–Kier alpha value is -7.15. The number of rotatable bonds is 27. The number of carboxylic acids is 2. The maximum atomic E-state index is 12.0. The molecule has 4 aromatic carbocycles. The number of nitrogens with one attached hydrogen (secondary N) is 2. The summed E-state index contributed by atoms with van der Waals surface area (Å²) in [4.78, 5) is 36.1. The molecule has 0 amide bonds. The van der Waals surface area contributed by atoms with Gasteiger partial charge in [-0.25, -0.2) is 0 Å². The molecule has 30 nitrogen and oxygen atoms in total. The monoisotopic (exact) mass is 1170 g/mol. The molecule has 0 saturated carbocycles. The van der Waals surface area contributed by atoms with Crippen molar-refractivity contribution in [3.05, 3.63) is 70.7 Å². The number of anilines is 5. The summed E-state index contributed by atoms with van der Waals surface area (Å²) in [6, 6.07) is 11.5. The van der Waals surface area contributed by atoms with Crippen LogP contribution in [0.2, 0.25) is 10.0 Å². The standard InChI is InChI=1S/C39H40Cl2N10O20S4/c1-68-29-7-5-21(13-33(29)74(62,63)64)47-49-25-17-31(70-9-3-11-72(56,57)58)27(15-23(25)40)42-37-44-38(46-39(45-37)51(19-35(52)53)20-36(54)55)43-28-16-24(41)26(18-32(28)71-10-4-12-73(59,60)61)50-48-22-6-8-30(69-2)34(14-22)75(65,66)67/h5-8,13-18H,3-4,9-12,19-20H2,1-2H3,(H,52,53)(H,54,55)(H,56,57,58)(H,59,60,61)(H,62,63,64)(H,65,66,67)(H2,42,43,44,45,46). The van der Waals surface area contributed by atoms with E-state index in [1.807, 2.05) is 0 Å². The van der Waals surface area contributed by atoms with Crippen LogP contribution in [0.1, 0.15) is 12.8 Å². The lowest BCUT2D eigenvalue weighted by Crippen LogP contribution is -2.36. The Morgan fingerprint density at radius 3 is 1.29 bits per heavy atom. The lowest BCUT2D eigenvalue weighted by Gasteiger charge is -2.21. The summed E-state index contributed by atoms with van der Waals surface area (Å²) in [6.45, 7) is -2.76. The van der Waals surface area contributed by atoms with Crippen LogP contribution >= 0.6 is 23.2 Å². The number of methoxy groups -OCH3 is 2. The van der Waals surface area contributed by atoms with Crippen LogP contribution in [0.3, 0.4) is 0 Å². The molecule has 0 unspecified atom stereocenters. The largest absolute Gasteiger partial charge is 0.495 e. The second-order valence-electron chi connectivity index (χ2n) is 14.8. The van der Waals surface area contributed by atoms with E-state index in [1.165, 1.54) is 48.5 Å². The van der Waals surface area contributed by atoms with Gasteiger partial charge >= 0.3 is 11.9 Å². The van der Waals surface area contributed by atoms with Crippen molar-refractivity contribution < 1.29 is 90.6 Å². The zero-order chi connectivity index (χ0) is 55.5. The van der Waals surface area contributed by atoms with Crippen molar-refractivity contribution in [3.8, 4) is 23.0 Å². The Morgan fingerprint density at radius 1 is 0.573 bits per heavy atom. The fourth-order valence-corrected chi connectivity index (χ4v) is 8.70. The van der Waals surface area contributed by atoms with Gasteiger partial charge in [0.25, 0.3) is 40.5 Å². The number of halogens is 2. The number of carboxylic acid groups (broad SMARTS) is 2. The number of carbonyl (C=O) groups is 2. The quantitative estimate of drug-likeness (QED) is 0.0162. The van der Waals surface area contributed by atoms with E-state index < -0.39 is 118 Å². The molecular formula is C39H40Cl2N10O20S4. The SMILES string of the molecule is COc1ccc(N=Nc2cc(OCCCS(=O)(=O)O)c(Nc3nc(Nc4cc(Cl)c(N=Nc5ccc(OC)c(S(=O)(=O)O)c5)cc4OCCCS(=O)(=O)O)nc(N(CC(=O)O)CC(=O)O)n3)cc2Cl)cc1S(=O)(=O)O. The highest BCUT2D eigenvalue weighted by molar-refractivity contribution is 7.86. The first kappa shape index (κ1) is 58.7. The van der Waals surface area contributed by atoms with E-state index in [1.54, 1.807) is 0 Å². The Labute approximate surface area is 435 Å². The number of nitrogens with zero attached hydrogens (tertiary/aromatic N) is 8. The number of azo groups is 2. The van der Waals surface area contributed by atoms with Crippen molar-refractivity contribution >= 4 is 128 Å². The average Bonchev–Trinajstić information content (AvgIpc) is 3.30. The number of benzene rings is 4. The van der Waals surface area contributed by atoms with Gasteiger partial charge in [0.05, 0.1) is 71.7 Å². The first-order valence-electron chi connectivity index (χ1n) is 20.5. The maximum Gasteiger partial charge on any atom is 0.323 e. The molecule has 0 aliphatic heterocycles. The third-order valence-corrected chi connectivity index (χ3v) is 13.1. The van der Waals surface area contributed by atoms with E-state index in [2.05, 4.69) is 46.0 Å². The molecule has 5 aromatic rings. The van der Waals surface area contributed by atoms with Crippen molar-refractivity contribution in [1.29, 1.82) is 0 Å². The Bertz CT molecular complexity index is 3280. The van der Waals surface area contributed by atoms with Crippen molar-refractivity contribution in [1.82, 2.24) is 15.0 Å². The fraction of sp³-hybridized carbons (Fsp3) is 0.256.